The van der Waals surface area contributed by atoms with E-state index in [-0.39, 0.29) is 0 Å². The highest BCUT2D eigenvalue weighted by Crippen LogP contribution is 2.04. The molecule has 0 fully saturated rings. The lowest BCUT2D eigenvalue weighted by Gasteiger charge is -2.27. The maximum atomic E-state index is 4.04. The molecule has 96 valence electrons. The predicted octanol–water partition coefficient (Wildman–Crippen LogP) is 1.94. The first-order chi connectivity index (χ1) is 8.27. The first-order valence-electron chi connectivity index (χ1n) is 6.57. The Kier molecular flexibility index (Phi) is 6.82. The number of likely N-dealkylation sites (N-methyl/N-ethyl adjacent to an activating group) is 2. The molecule has 1 atom stereocenters. The molecule has 0 spiro atoms. The second-order valence-electron chi connectivity index (χ2n) is 4.46. The molecule has 0 bridgehead atoms. The third-order valence-electron chi connectivity index (χ3n) is 3.23. The Hall–Kier alpha value is -0.930. The molecule has 3 nitrogen and oxygen atoms in total. The van der Waals surface area contributed by atoms with E-state index >= 15 is 0 Å². The molecule has 0 saturated heterocycles. The molecule has 1 rings (SSSR count). The molecule has 0 aromatic carbocycles. The van der Waals surface area contributed by atoms with Crippen LogP contribution < -0.4 is 5.32 Å². The Bertz CT molecular complexity index is 287. The van der Waals surface area contributed by atoms with E-state index in [9.17, 15) is 0 Å². The van der Waals surface area contributed by atoms with Gasteiger partial charge in [-0.2, -0.15) is 0 Å². The van der Waals surface area contributed by atoms with Gasteiger partial charge < -0.3 is 10.2 Å². The van der Waals surface area contributed by atoms with Crippen LogP contribution in [-0.2, 0) is 6.42 Å². The van der Waals surface area contributed by atoms with Crippen molar-refractivity contribution >= 4 is 0 Å². The molecule has 17 heavy (non-hydrogen) atoms. The molecule has 3 heteroatoms. The number of nitrogens with zero attached hydrogens (tertiary/aromatic N) is 2. The normalized spacial score (nSPS) is 12.9. The second kappa shape index (κ2) is 8.20. The van der Waals surface area contributed by atoms with Gasteiger partial charge in [-0.15, -0.1) is 0 Å². The Balaban J connectivity index is 2.34. The zero-order chi connectivity index (χ0) is 12.5. The summed E-state index contributed by atoms with van der Waals surface area (Å²) in [5, 5.41) is 3.43. The predicted molar refractivity (Wildman–Crippen MR) is 73.2 cm³/mol. The van der Waals surface area contributed by atoms with Crippen molar-refractivity contribution in [1.29, 1.82) is 0 Å². The molecule has 1 unspecified atom stereocenters. The van der Waals surface area contributed by atoms with E-state index in [4.69, 9.17) is 0 Å². The van der Waals surface area contributed by atoms with Gasteiger partial charge in [0.2, 0.25) is 0 Å². The zero-order valence-electron chi connectivity index (χ0n) is 11.3. The van der Waals surface area contributed by atoms with Gasteiger partial charge in [0.1, 0.15) is 0 Å². The quantitative estimate of drug-likeness (QED) is 0.746. The molecular weight excluding hydrogens is 210 g/mol. The van der Waals surface area contributed by atoms with E-state index in [1.54, 1.807) is 0 Å². The fourth-order valence-electron chi connectivity index (χ4n) is 1.96. The lowest BCUT2D eigenvalue weighted by atomic mass is 10.1. The third kappa shape index (κ3) is 5.29. The van der Waals surface area contributed by atoms with Crippen LogP contribution in [0.5, 0.6) is 0 Å². The van der Waals surface area contributed by atoms with Gasteiger partial charge in [-0.05, 0) is 44.1 Å². The van der Waals surface area contributed by atoms with Gasteiger partial charge in [0.15, 0.2) is 0 Å². The third-order valence-corrected chi connectivity index (χ3v) is 3.23. The molecule has 1 aromatic heterocycles. The van der Waals surface area contributed by atoms with Crippen LogP contribution in [0.2, 0.25) is 0 Å². The largest absolute Gasteiger partial charge is 0.315 e. The molecule has 0 aliphatic carbocycles. The van der Waals surface area contributed by atoms with Crippen LogP contribution in [0.3, 0.4) is 0 Å². The minimum Gasteiger partial charge on any atom is -0.315 e. The summed E-state index contributed by atoms with van der Waals surface area (Å²) in [5.74, 6) is 0. The Morgan fingerprint density at radius 2 is 2.00 bits per heavy atom. The van der Waals surface area contributed by atoms with Gasteiger partial charge in [-0.1, -0.05) is 13.8 Å². The highest BCUT2D eigenvalue weighted by molar-refractivity contribution is 5.09. The summed E-state index contributed by atoms with van der Waals surface area (Å²) in [4.78, 5) is 6.49. The van der Waals surface area contributed by atoms with Gasteiger partial charge >= 0.3 is 0 Å². The maximum Gasteiger partial charge on any atom is 0.0270 e. The summed E-state index contributed by atoms with van der Waals surface area (Å²) >= 11 is 0. The molecule has 1 N–H and O–H groups in total. The average molecular weight is 235 g/mol. The lowest BCUT2D eigenvalue weighted by molar-refractivity contribution is 0.233. The summed E-state index contributed by atoms with van der Waals surface area (Å²) in [7, 11) is 2.21. The van der Waals surface area contributed by atoms with Crippen LogP contribution in [0.25, 0.3) is 0 Å². The molecular formula is C14H25N3. The van der Waals surface area contributed by atoms with Crippen molar-refractivity contribution in [3.8, 4) is 0 Å². The van der Waals surface area contributed by atoms with Gasteiger partial charge in [-0.25, -0.2) is 0 Å². The van der Waals surface area contributed by atoms with E-state index < -0.39 is 0 Å². The molecule has 1 aromatic rings. The van der Waals surface area contributed by atoms with Crippen LogP contribution in [0.15, 0.2) is 24.5 Å². The highest BCUT2D eigenvalue weighted by Gasteiger charge is 2.11. The van der Waals surface area contributed by atoms with E-state index in [1.807, 2.05) is 12.4 Å². The Labute approximate surface area is 105 Å². The van der Waals surface area contributed by atoms with Crippen LogP contribution >= 0.6 is 0 Å². The molecule has 0 aliphatic heterocycles. The van der Waals surface area contributed by atoms with Crippen molar-refractivity contribution in [3.63, 3.8) is 0 Å². The van der Waals surface area contributed by atoms with Gasteiger partial charge in [0.05, 0.1) is 0 Å². The minimum absolute atomic E-state index is 0.636. The Morgan fingerprint density at radius 1 is 1.29 bits per heavy atom. The monoisotopic (exact) mass is 235 g/mol. The van der Waals surface area contributed by atoms with Gasteiger partial charge in [0.25, 0.3) is 0 Å². The van der Waals surface area contributed by atoms with Crippen LogP contribution in [0.1, 0.15) is 25.8 Å². The number of aromatic nitrogens is 1. The van der Waals surface area contributed by atoms with E-state index in [0.29, 0.717) is 6.04 Å². The topological polar surface area (TPSA) is 28.2 Å². The number of hydrogen-bond donors (Lipinski definition) is 1. The first-order valence-corrected chi connectivity index (χ1v) is 6.57. The van der Waals surface area contributed by atoms with E-state index in [2.05, 4.69) is 48.2 Å². The standard InChI is InChI=1S/C14H25N3/c1-4-14(12-15-5-2)17(3)11-8-13-6-9-16-10-7-13/h6-7,9-10,14-15H,4-5,8,11-12H2,1-3H3. The molecule has 0 saturated carbocycles. The van der Waals surface area contributed by atoms with Crippen LogP contribution in [0.4, 0.5) is 0 Å². The maximum absolute atomic E-state index is 4.04. The van der Waals surface area contributed by atoms with Gasteiger partial charge in [0, 0.05) is 31.5 Å². The highest BCUT2D eigenvalue weighted by atomic mass is 15.1. The SMILES string of the molecule is CCNCC(CC)N(C)CCc1ccncc1. The first kappa shape index (κ1) is 14.1. The van der Waals surface area contributed by atoms with Crippen molar-refractivity contribution < 1.29 is 0 Å². The Morgan fingerprint density at radius 3 is 2.59 bits per heavy atom. The molecule has 1 heterocycles. The number of pyridine rings is 1. The summed E-state index contributed by atoms with van der Waals surface area (Å²) in [5.41, 5.74) is 1.37. The summed E-state index contributed by atoms with van der Waals surface area (Å²) in [6.45, 7) is 7.65. The summed E-state index contributed by atoms with van der Waals surface area (Å²) in [6, 6.07) is 4.83. The van der Waals surface area contributed by atoms with Crippen molar-refractivity contribution in [2.45, 2.75) is 32.7 Å². The molecule has 0 amide bonds. The van der Waals surface area contributed by atoms with E-state index in [0.717, 1.165) is 26.1 Å². The smallest absolute Gasteiger partial charge is 0.0270 e. The minimum atomic E-state index is 0.636. The second-order valence-corrected chi connectivity index (χ2v) is 4.46. The van der Waals surface area contributed by atoms with Crippen molar-refractivity contribution in [2.24, 2.45) is 0 Å². The van der Waals surface area contributed by atoms with Crippen LogP contribution in [-0.4, -0.2) is 42.6 Å². The zero-order valence-corrected chi connectivity index (χ0v) is 11.3. The summed E-state index contributed by atoms with van der Waals surface area (Å²) < 4.78 is 0. The lowest BCUT2D eigenvalue weighted by Crippen LogP contribution is -2.40. The number of nitrogens with one attached hydrogen (secondary N) is 1. The van der Waals surface area contributed by atoms with Crippen LogP contribution in [0, 0.1) is 0 Å². The van der Waals surface area contributed by atoms with Crippen molar-refractivity contribution in [3.05, 3.63) is 30.1 Å². The fourth-order valence-corrected chi connectivity index (χ4v) is 1.96. The molecule has 0 aliphatic rings. The fraction of sp³-hybridized carbons (Fsp3) is 0.643. The summed E-state index contributed by atoms with van der Waals surface area (Å²) in [6.07, 6.45) is 6.03. The van der Waals surface area contributed by atoms with Crippen molar-refractivity contribution in [2.75, 3.05) is 26.7 Å². The number of rotatable bonds is 8. The van der Waals surface area contributed by atoms with Gasteiger partial charge in [-0.3, -0.25) is 4.98 Å². The van der Waals surface area contributed by atoms with E-state index in [1.165, 1.54) is 12.0 Å². The van der Waals surface area contributed by atoms with Crippen molar-refractivity contribution in [1.82, 2.24) is 15.2 Å². The molecule has 0 radical (unpaired) electrons. The average Bonchev–Trinajstić information content (AvgIpc) is 2.38. The number of hydrogen-bond acceptors (Lipinski definition) is 3.